The number of aliphatic imine (C=N–C) groups is 1. The van der Waals surface area contributed by atoms with Crippen molar-refractivity contribution in [1.29, 1.82) is 0 Å². The summed E-state index contributed by atoms with van der Waals surface area (Å²) in [5.41, 5.74) is 0.529. The third-order valence-electron chi connectivity index (χ3n) is 3.56. The van der Waals surface area contributed by atoms with E-state index in [0.29, 0.717) is 36.8 Å². The summed E-state index contributed by atoms with van der Waals surface area (Å²) in [6.07, 6.45) is 1.71. The molecule has 0 fully saturated rings. The van der Waals surface area contributed by atoms with Crippen molar-refractivity contribution in [3.05, 3.63) is 29.8 Å². The zero-order valence-electron chi connectivity index (χ0n) is 16.1. The van der Waals surface area contributed by atoms with Crippen molar-refractivity contribution in [2.75, 3.05) is 39.3 Å². The predicted molar refractivity (Wildman–Crippen MR) is 119 cm³/mol. The van der Waals surface area contributed by atoms with Gasteiger partial charge in [0.05, 0.1) is 12.9 Å². The van der Waals surface area contributed by atoms with Gasteiger partial charge in [0.1, 0.15) is 15.6 Å². The number of carbonyl (C=O) groups is 1. The molecule has 0 aliphatic carbocycles. The molecule has 0 saturated heterocycles. The molecule has 27 heavy (non-hydrogen) atoms. The molecule has 0 aliphatic rings. The number of sulfone groups is 1. The van der Waals surface area contributed by atoms with Crippen molar-refractivity contribution < 1.29 is 17.9 Å². The maximum atomic E-state index is 12.1. The van der Waals surface area contributed by atoms with Crippen molar-refractivity contribution in [3.63, 3.8) is 0 Å². The summed E-state index contributed by atoms with van der Waals surface area (Å²) in [5.74, 6) is 1.12. The van der Waals surface area contributed by atoms with E-state index < -0.39 is 9.84 Å². The van der Waals surface area contributed by atoms with E-state index in [1.54, 1.807) is 38.4 Å². The molecule has 1 atom stereocenters. The van der Waals surface area contributed by atoms with Crippen molar-refractivity contribution >= 4 is 45.7 Å². The molecule has 0 aliphatic heterocycles. The van der Waals surface area contributed by atoms with Gasteiger partial charge in [-0.3, -0.25) is 9.79 Å². The Labute approximate surface area is 178 Å². The van der Waals surface area contributed by atoms with Gasteiger partial charge in [0.25, 0.3) is 5.91 Å². The zero-order valence-corrected chi connectivity index (χ0v) is 19.3. The molecule has 0 saturated carbocycles. The monoisotopic (exact) mass is 512 g/mol. The smallest absolute Gasteiger partial charge is 0.251 e. The maximum absolute atomic E-state index is 12.1. The van der Waals surface area contributed by atoms with Gasteiger partial charge in [0.15, 0.2) is 5.96 Å². The molecule has 1 unspecified atom stereocenters. The number of hydrogen-bond donors (Lipinski definition) is 3. The average Bonchev–Trinajstić information content (AvgIpc) is 2.61. The Kier molecular flexibility index (Phi) is 12.0. The number of methoxy groups -OCH3 is 1. The minimum Gasteiger partial charge on any atom is -0.497 e. The van der Waals surface area contributed by atoms with Gasteiger partial charge >= 0.3 is 0 Å². The number of amides is 1. The van der Waals surface area contributed by atoms with Crippen LogP contribution in [0, 0.1) is 0 Å². The van der Waals surface area contributed by atoms with Crippen LogP contribution in [-0.4, -0.2) is 65.6 Å². The number of nitrogens with zero attached hydrogens (tertiary/aromatic N) is 1. The van der Waals surface area contributed by atoms with Gasteiger partial charge in [-0.25, -0.2) is 8.42 Å². The van der Waals surface area contributed by atoms with E-state index in [1.807, 2.05) is 6.92 Å². The van der Waals surface area contributed by atoms with Crippen LogP contribution in [0.1, 0.15) is 23.7 Å². The lowest BCUT2D eigenvalue weighted by molar-refractivity contribution is 0.0954. The van der Waals surface area contributed by atoms with Crippen LogP contribution in [0.15, 0.2) is 29.3 Å². The number of guanidine groups is 1. The first kappa shape index (κ1) is 25.4. The summed E-state index contributed by atoms with van der Waals surface area (Å²) < 4.78 is 27.5. The van der Waals surface area contributed by atoms with Gasteiger partial charge in [0, 0.05) is 38.0 Å². The number of rotatable bonds is 9. The molecular weight excluding hydrogens is 483 g/mol. The summed E-state index contributed by atoms with van der Waals surface area (Å²) >= 11 is 0. The normalized spacial score (nSPS) is 12.5. The Morgan fingerprint density at radius 2 is 1.93 bits per heavy atom. The highest BCUT2D eigenvalue weighted by atomic mass is 127. The SMILES string of the molecule is CN=C(NCCNC(=O)c1cccc(OC)c1)NC(C)CCS(C)(=O)=O.I. The highest BCUT2D eigenvalue weighted by molar-refractivity contribution is 14.0. The number of nitrogens with one attached hydrogen (secondary N) is 3. The summed E-state index contributed by atoms with van der Waals surface area (Å²) in [4.78, 5) is 16.2. The lowest BCUT2D eigenvalue weighted by Crippen LogP contribution is -2.45. The largest absolute Gasteiger partial charge is 0.497 e. The fourth-order valence-corrected chi connectivity index (χ4v) is 2.90. The van der Waals surface area contributed by atoms with Crippen LogP contribution in [0.5, 0.6) is 5.75 Å². The first-order chi connectivity index (χ1) is 12.2. The predicted octanol–water partition coefficient (Wildman–Crippen LogP) is 1.03. The molecule has 1 amide bonds. The number of carbonyl (C=O) groups excluding carboxylic acids is 1. The molecule has 1 aromatic rings. The van der Waals surface area contributed by atoms with Crippen LogP contribution in [0.25, 0.3) is 0 Å². The van der Waals surface area contributed by atoms with Gasteiger partial charge in [-0.1, -0.05) is 6.07 Å². The van der Waals surface area contributed by atoms with E-state index in [9.17, 15) is 13.2 Å². The first-order valence-electron chi connectivity index (χ1n) is 8.32. The second-order valence-corrected chi connectivity index (χ2v) is 8.21. The van der Waals surface area contributed by atoms with E-state index >= 15 is 0 Å². The summed E-state index contributed by atoms with van der Waals surface area (Å²) in [7, 11) is 0.204. The van der Waals surface area contributed by atoms with Crippen LogP contribution in [-0.2, 0) is 9.84 Å². The Hall–Kier alpha value is -1.56. The minimum absolute atomic E-state index is 0. The molecule has 0 spiro atoms. The van der Waals surface area contributed by atoms with E-state index in [1.165, 1.54) is 6.26 Å². The van der Waals surface area contributed by atoms with Gasteiger partial charge < -0.3 is 20.7 Å². The first-order valence-corrected chi connectivity index (χ1v) is 10.4. The second-order valence-electron chi connectivity index (χ2n) is 5.95. The Morgan fingerprint density at radius 3 is 2.52 bits per heavy atom. The molecule has 154 valence electrons. The van der Waals surface area contributed by atoms with Crippen LogP contribution in [0.3, 0.4) is 0 Å². The van der Waals surface area contributed by atoms with Crippen molar-refractivity contribution in [3.8, 4) is 5.75 Å². The zero-order chi connectivity index (χ0) is 19.6. The molecule has 10 heteroatoms. The lowest BCUT2D eigenvalue weighted by Gasteiger charge is -2.17. The number of hydrogen-bond acceptors (Lipinski definition) is 5. The quantitative estimate of drug-likeness (QED) is 0.198. The van der Waals surface area contributed by atoms with E-state index in [4.69, 9.17) is 4.74 Å². The number of halogens is 1. The molecule has 0 radical (unpaired) electrons. The van der Waals surface area contributed by atoms with E-state index in [0.717, 1.165) is 0 Å². The van der Waals surface area contributed by atoms with Crippen LogP contribution in [0.4, 0.5) is 0 Å². The fourth-order valence-electron chi connectivity index (χ4n) is 2.11. The van der Waals surface area contributed by atoms with E-state index in [2.05, 4.69) is 20.9 Å². The molecule has 1 rings (SSSR count). The number of benzene rings is 1. The average molecular weight is 512 g/mol. The van der Waals surface area contributed by atoms with Gasteiger partial charge in [-0.15, -0.1) is 24.0 Å². The molecular formula is C17H29IN4O4S. The van der Waals surface area contributed by atoms with Crippen LogP contribution < -0.4 is 20.7 Å². The fraction of sp³-hybridized carbons (Fsp3) is 0.529. The topological polar surface area (TPSA) is 109 Å². The third kappa shape index (κ3) is 11.0. The maximum Gasteiger partial charge on any atom is 0.251 e. The highest BCUT2D eigenvalue weighted by Crippen LogP contribution is 2.12. The van der Waals surface area contributed by atoms with Crippen molar-refractivity contribution in [2.24, 2.45) is 4.99 Å². The van der Waals surface area contributed by atoms with Gasteiger partial charge in [-0.2, -0.15) is 0 Å². The number of ether oxygens (including phenoxy) is 1. The Bertz CT molecular complexity index is 725. The summed E-state index contributed by atoms with van der Waals surface area (Å²) in [5, 5.41) is 9.01. The van der Waals surface area contributed by atoms with Crippen LogP contribution in [0.2, 0.25) is 0 Å². The molecule has 0 heterocycles. The summed E-state index contributed by atoms with van der Waals surface area (Å²) in [6, 6.07) is 6.89. The molecule has 8 nitrogen and oxygen atoms in total. The van der Waals surface area contributed by atoms with Crippen molar-refractivity contribution in [2.45, 2.75) is 19.4 Å². The highest BCUT2D eigenvalue weighted by Gasteiger charge is 2.10. The van der Waals surface area contributed by atoms with E-state index in [-0.39, 0.29) is 41.7 Å². The van der Waals surface area contributed by atoms with Gasteiger partial charge in [-0.05, 0) is 31.5 Å². The van der Waals surface area contributed by atoms with Gasteiger partial charge in [0.2, 0.25) is 0 Å². The van der Waals surface area contributed by atoms with Crippen LogP contribution >= 0.6 is 24.0 Å². The third-order valence-corrected chi connectivity index (χ3v) is 4.54. The lowest BCUT2D eigenvalue weighted by atomic mass is 10.2. The second kappa shape index (κ2) is 12.8. The molecule has 3 N–H and O–H groups in total. The molecule has 1 aromatic carbocycles. The standard InChI is InChI=1S/C17H28N4O4S.HI/c1-13(8-11-26(4,23)24)21-17(18-2)20-10-9-19-16(22)14-6-5-7-15(12-14)25-3;/h5-7,12-13H,8-11H2,1-4H3,(H,19,22)(H2,18,20,21);1H. The summed E-state index contributed by atoms with van der Waals surface area (Å²) in [6.45, 7) is 2.78. The molecule has 0 aromatic heterocycles. The van der Waals surface area contributed by atoms with Crippen molar-refractivity contribution in [1.82, 2.24) is 16.0 Å². The Morgan fingerprint density at radius 1 is 1.26 bits per heavy atom. The Balaban J connectivity index is 0.00000676. The molecule has 0 bridgehead atoms. The minimum atomic E-state index is -2.98.